The highest BCUT2D eigenvalue weighted by Gasteiger charge is 2.30. The fourth-order valence-electron chi connectivity index (χ4n) is 4.04. The lowest BCUT2D eigenvalue weighted by molar-refractivity contribution is -0.117. The highest BCUT2D eigenvalue weighted by atomic mass is 32.2. The quantitative estimate of drug-likeness (QED) is 0.279. The van der Waals surface area contributed by atoms with Crippen LogP contribution in [0.15, 0.2) is 53.1 Å². The van der Waals surface area contributed by atoms with Crippen molar-refractivity contribution in [3.63, 3.8) is 0 Å². The Balaban J connectivity index is 1.20. The Morgan fingerprint density at radius 3 is 2.97 bits per heavy atom. The van der Waals surface area contributed by atoms with E-state index in [9.17, 15) is 4.79 Å². The molecule has 184 valence electrons. The molecule has 4 aromatic heterocycles. The van der Waals surface area contributed by atoms with Crippen LogP contribution in [0.3, 0.4) is 0 Å². The van der Waals surface area contributed by atoms with Crippen LogP contribution in [-0.2, 0) is 17.9 Å². The number of nitrogens with zero attached hydrogens (tertiary/aromatic N) is 6. The van der Waals surface area contributed by atoms with Crippen molar-refractivity contribution in [1.82, 2.24) is 34.9 Å². The first-order chi connectivity index (χ1) is 17.7. The predicted molar refractivity (Wildman–Crippen MR) is 139 cm³/mol. The van der Waals surface area contributed by atoms with Gasteiger partial charge >= 0.3 is 0 Å². The molecule has 0 saturated heterocycles. The Morgan fingerprint density at radius 1 is 1.19 bits per heavy atom. The maximum absolute atomic E-state index is 12.0. The van der Waals surface area contributed by atoms with Crippen LogP contribution >= 0.6 is 11.8 Å². The fourth-order valence-corrected chi connectivity index (χ4v) is 4.39. The average Bonchev–Trinajstić information content (AvgIpc) is 3.31. The zero-order valence-electron chi connectivity index (χ0n) is 19.8. The van der Waals surface area contributed by atoms with E-state index in [1.54, 1.807) is 10.7 Å². The summed E-state index contributed by atoms with van der Waals surface area (Å²) in [5, 5.41) is 19.6. The monoisotopic (exact) mass is 502 g/mol. The van der Waals surface area contributed by atoms with E-state index in [4.69, 9.17) is 4.42 Å². The van der Waals surface area contributed by atoms with Gasteiger partial charge in [-0.1, -0.05) is 5.21 Å². The molecule has 10 nitrogen and oxygen atoms in total. The third-order valence-electron chi connectivity index (χ3n) is 6.13. The minimum Gasteiger partial charge on any atom is -0.460 e. The minimum absolute atomic E-state index is 0.0269. The summed E-state index contributed by atoms with van der Waals surface area (Å²) in [6.07, 6.45) is 5.74. The van der Waals surface area contributed by atoms with Crippen LogP contribution < -0.4 is 10.6 Å². The highest BCUT2D eigenvalue weighted by molar-refractivity contribution is 7.98. The lowest BCUT2D eigenvalue weighted by atomic mass is 10.1. The SMILES string of the molecule is CSCCNCc1ccc(-c2ccc3nnn(Cc4ccc5nc(NC(=O)C6CC6)cn5n4)c3c2)o1. The van der Waals surface area contributed by atoms with Crippen molar-refractivity contribution in [2.45, 2.75) is 25.9 Å². The van der Waals surface area contributed by atoms with Gasteiger partial charge in [0.2, 0.25) is 5.91 Å². The molecule has 1 aromatic carbocycles. The van der Waals surface area contributed by atoms with Gasteiger partial charge in [0.15, 0.2) is 11.5 Å². The van der Waals surface area contributed by atoms with Crippen LogP contribution in [0.1, 0.15) is 24.3 Å². The smallest absolute Gasteiger partial charge is 0.228 e. The zero-order chi connectivity index (χ0) is 24.5. The van der Waals surface area contributed by atoms with Gasteiger partial charge in [0.05, 0.1) is 30.5 Å². The Morgan fingerprint density at radius 2 is 2.11 bits per heavy atom. The molecule has 0 unspecified atom stereocenters. The van der Waals surface area contributed by atoms with Crippen LogP contribution in [0.2, 0.25) is 0 Å². The van der Waals surface area contributed by atoms with Gasteiger partial charge in [-0.15, -0.1) is 5.10 Å². The number of benzene rings is 1. The molecule has 1 fully saturated rings. The standard InChI is InChI=1S/C25H26N8O2S/c1-36-11-10-26-13-19-6-8-22(35-19)17-4-7-20-21(12-17)32(31-29-20)14-18-5-9-24-27-23(15-33(24)30-18)28-25(34)16-2-3-16/h4-9,12,15-16,26H,2-3,10-11,13-14H2,1H3,(H,28,34). The first-order valence-electron chi connectivity index (χ1n) is 11.9. The van der Waals surface area contributed by atoms with Gasteiger partial charge < -0.3 is 15.1 Å². The van der Waals surface area contributed by atoms with Crippen molar-refractivity contribution in [3.8, 4) is 11.3 Å². The van der Waals surface area contributed by atoms with E-state index in [0.29, 0.717) is 24.6 Å². The zero-order valence-corrected chi connectivity index (χ0v) is 20.7. The molecular formula is C25H26N8O2S. The second-order valence-electron chi connectivity index (χ2n) is 8.90. The molecule has 0 bridgehead atoms. The van der Waals surface area contributed by atoms with Gasteiger partial charge in [-0.3, -0.25) is 4.79 Å². The van der Waals surface area contributed by atoms with E-state index in [1.807, 2.05) is 58.9 Å². The van der Waals surface area contributed by atoms with Crippen molar-refractivity contribution in [2.75, 3.05) is 23.9 Å². The second-order valence-corrected chi connectivity index (χ2v) is 9.89. The van der Waals surface area contributed by atoms with Gasteiger partial charge in [0.25, 0.3) is 0 Å². The number of imidazole rings is 1. The third kappa shape index (κ3) is 4.84. The molecule has 1 saturated carbocycles. The Kier molecular flexibility index (Phi) is 6.16. The van der Waals surface area contributed by atoms with Crippen LogP contribution in [0.4, 0.5) is 5.82 Å². The Hall–Kier alpha value is -3.70. The molecule has 36 heavy (non-hydrogen) atoms. The number of fused-ring (bicyclic) bond motifs is 2. The van der Waals surface area contributed by atoms with Gasteiger partial charge in [-0.25, -0.2) is 14.2 Å². The summed E-state index contributed by atoms with van der Waals surface area (Å²) >= 11 is 1.82. The van der Waals surface area contributed by atoms with Gasteiger partial charge in [-0.05, 0) is 61.6 Å². The van der Waals surface area contributed by atoms with Crippen molar-refractivity contribution in [1.29, 1.82) is 0 Å². The number of thioether (sulfide) groups is 1. The summed E-state index contributed by atoms with van der Waals surface area (Å²) in [7, 11) is 0. The largest absolute Gasteiger partial charge is 0.460 e. The van der Waals surface area contributed by atoms with Gasteiger partial charge in [0.1, 0.15) is 17.0 Å². The number of hydrogen-bond acceptors (Lipinski definition) is 8. The topological polar surface area (TPSA) is 115 Å². The highest BCUT2D eigenvalue weighted by Crippen LogP contribution is 2.30. The fraction of sp³-hybridized carbons (Fsp3) is 0.320. The minimum atomic E-state index is 0.0269. The summed E-state index contributed by atoms with van der Waals surface area (Å²) in [5.41, 5.74) is 4.14. The predicted octanol–water partition coefficient (Wildman–Crippen LogP) is 3.58. The van der Waals surface area contributed by atoms with E-state index in [0.717, 1.165) is 59.0 Å². The number of hydrogen-bond donors (Lipinski definition) is 2. The molecule has 1 aliphatic rings. The maximum atomic E-state index is 12.0. The van der Waals surface area contributed by atoms with E-state index in [2.05, 4.69) is 37.3 Å². The lowest BCUT2D eigenvalue weighted by Gasteiger charge is -2.04. The molecule has 6 rings (SSSR count). The molecule has 2 N–H and O–H groups in total. The van der Waals surface area contributed by atoms with E-state index < -0.39 is 0 Å². The van der Waals surface area contributed by atoms with Gasteiger partial charge in [-0.2, -0.15) is 16.9 Å². The summed E-state index contributed by atoms with van der Waals surface area (Å²) < 4.78 is 9.57. The molecule has 4 heterocycles. The normalized spacial score (nSPS) is 13.6. The summed E-state index contributed by atoms with van der Waals surface area (Å²) in [6, 6.07) is 13.8. The number of rotatable bonds is 10. The van der Waals surface area contributed by atoms with E-state index in [-0.39, 0.29) is 11.8 Å². The number of amides is 1. The lowest BCUT2D eigenvalue weighted by Crippen LogP contribution is -2.15. The number of carbonyl (C=O) groups excluding carboxylic acids is 1. The van der Waals surface area contributed by atoms with Crippen LogP contribution in [0.5, 0.6) is 0 Å². The molecule has 1 amide bonds. The molecule has 0 radical (unpaired) electrons. The first kappa shape index (κ1) is 22.7. The average molecular weight is 503 g/mol. The molecule has 0 spiro atoms. The second kappa shape index (κ2) is 9.75. The third-order valence-corrected chi connectivity index (χ3v) is 6.74. The van der Waals surface area contributed by atoms with Crippen LogP contribution in [0, 0.1) is 5.92 Å². The van der Waals surface area contributed by atoms with E-state index >= 15 is 0 Å². The van der Waals surface area contributed by atoms with Crippen LogP contribution in [-0.4, -0.2) is 54.1 Å². The van der Waals surface area contributed by atoms with Crippen molar-refractivity contribution in [3.05, 3.63) is 60.1 Å². The number of aromatic nitrogens is 6. The molecule has 0 atom stereocenters. The summed E-state index contributed by atoms with van der Waals surface area (Å²) in [5.74, 6) is 3.46. The van der Waals surface area contributed by atoms with E-state index in [1.165, 1.54) is 0 Å². The first-order valence-corrected chi connectivity index (χ1v) is 13.3. The molecule has 5 aromatic rings. The summed E-state index contributed by atoms with van der Waals surface area (Å²) in [6.45, 7) is 2.10. The summed E-state index contributed by atoms with van der Waals surface area (Å²) in [4.78, 5) is 16.5. The van der Waals surface area contributed by atoms with Crippen molar-refractivity contribution >= 4 is 40.2 Å². The molecule has 11 heteroatoms. The molecule has 1 aliphatic carbocycles. The number of nitrogens with one attached hydrogen (secondary N) is 2. The number of anilines is 1. The van der Waals surface area contributed by atoms with Crippen molar-refractivity contribution < 1.29 is 9.21 Å². The van der Waals surface area contributed by atoms with Gasteiger partial charge in [0, 0.05) is 23.8 Å². The Bertz CT molecular complexity index is 1530. The molecular weight excluding hydrogens is 476 g/mol. The number of carbonyl (C=O) groups is 1. The number of furan rings is 1. The molecule has 0 aliphatic heterocycles. The maximum Gasteiger partial charge on any atom is 0.228 e. The van der Waals surface area contributed by atoms with Crippen molar-refractivity contribution in [2.24, 2.45) is 5.92 Å². The van der Waals surface area contributed by atoms with Crippen LogP contribution in [0.25, 0.3) is 28.0 Å². The Labute approximate surface area is 211 Å².